The highest BCUT2D eigenvalue weighted by Crippen LogP contribution is 2.24. The van der Waals surface area contributed by atoms with Crippen LogP contribution in [0.4, 0.5) is 0 Å². The number of carbonyl (C=O) groups is 1. The summed E-state index contributed by atoms with van der Waals surface area (Å²) >= 11 is 1.72. The first-order chi connectivity index (χ1) is 13.1. The third kappa shape index (κ3) is 4.01. The first-order valence-corrected chi connectivity index (χ1v) is 10.2. The normalized spacial score (nSPS) is 20.1. The van der Waals surface area contributed by atoms with Crippen LogP contribution in [0.5, 0.6) is 0 Å². The zero-order valence-electron chi connectivity index (χ0n) is 15.5. The minimum Gasteiger partial charge on any atom is -0.375 e. The van der Waals surface area contributed by atoms with Gasteiger partial charge in [0.15, 0.2) is 0 Å². The molecule has 2 atom stereocenters. The van der Waals surface area contributed by atoms with E-state index >= 15 is 0 Å². The summed E-state index contributed by atoms with van der Waals surface area (Å²) in [6.07, 6.45) is 4.15. The maximum Gasteiger partial charge on any atom is 0.254 e. The van der Waals surface area contributed by atoms with Gasteiger partial charge >= 0.3 is 0 Å². The molecule has 1 amide bonds. The number of carbonyl (C=O) groups excluding carboxylic acids is 1. The van der Waals surface area contributed by atoms with E-state index in [-0.39, 0.29) is 18.1 Å². The Bertz CT molecular complexity index is 905. The number of nitrogens with zero attached hydrogens (tertiary/aromatic N) is 3. The van der Waals surface area contributed by atoms with E-state index in [1.54, 1.807) is 11.8 Å². The van der Waals surface area contributed by atoms with Gasteiger partial charge in [0.2, 0.25) is 0 Å². The van der Waals surface area contributed by atoms with E-state index in [0.29, 0.717) is 13.2 Å². The number of ether oxygens (including phenoxy) is 1. The Hall–Kier alpha value is -2.31. The lowest BCUT2D eigenvalue weighted by Gasteiger charge is -2.36. The van der Waals surface area contributed by atoms with Gasteiger partial charge in [-0.05, 0) is 50.2 Å². The van der Waals surface area contributed by atoms with E-state index in [1.807, 2.05) is 71.8 Å². The monoisotopic (exact) mass is 381 g/mol. The first kappa shape index (κ1) is 18.1. The summed E-state index contributed by atoms with van der Waals surface area (Å²) in [5, 5.41) is 0. The number of hydrogen-bond donors (Lipinski definition) is 0. The van der Waals surface area contributed by atoms with Crippen molar-refractivity contribution in [1.82, 2.24) is 14.3 Å². The topological polar surface area (TPSA) is 46.8 Å². The number of aromatic nitrogens is 2. The Morgan fingerprint density at radius 2 is 2.04 bits per heavy atom. The third-order valence-electron chi connectivity index (χ3n) is 4.77. The van der Waals surface area contributed by atoms with Gasteiger partial charge in [0.25, 0.3) is 5.91 Å². The van der Waals surface area contributed by atoms with Gasteiger partial charge in [0.05, 0.1) is 24.4 Å². The smallest absolute Gasteiger partial charge is 0.254 e. The molecule has 0 saturated carbocycles. The van der Waals surface area contributed by atoms with Crippen molar-refractivity contribution in [2.75, 3.05) is 13.2 Å². The predicted octanol–water partition coefficient (Wildman–Crippen LogP) is 3.88. The van der Waals surface area contributed by atoms with Crippen LogP contribution in [0.3, 0.4) is 0 Å². The van der Waals surface area contributed by atoms with E-state index in [1.165, 1.54) is 0 Å². The molecule has 0 bridgehead atoms. The third-order valence-corrected chi connectivity index (χ3v) is 5.82. The SMILES string of the molecule is CC1CN(C(=O)c2ccc(SCc3cn4ccccc4n3)cc2)C(C)CO1. The maximum absolute atomic E-state index is 12.8. The predicted molar refractivity (Wildman–Crippen MR) is 107 cm³/mol. The summed E-state index contributed by atoms with van der Waals surface area (Å²) in [4.78, 5) is 20.5. The van der Waals surface area contributed by atoms with Crippen LogP contribution in [-0.2, 0) is 10.5 Å². The van der Waals surface area contributed by atoms with Crippen molar-refractivity contribution in [3.8, 4) is 0 Å². The van der Waals surface area contributed by atoms with Crippen LogP contribution >= 0.6 is 11.8 Å². The number of thioether (sulfide) groups is 1. The van der Waals surface area contributed by atoms with Crippen LogP contribution in [-0.4, -0.2) is 45.5 Å². The first-order valence-electron chi connectivity index (χ1n) is 9.18. The Morgan fingerprint density at radius 3 is 2.81 bits per heavy atom. The molecule has 1 aromatic carbocycles. The molecule has 0 aliphatic carbocycles. The van der Waals surface area contributed by atoms with E-state index in [2.05, 4.69) is 11.2 Å². The number of hydrogen-bond acceptors (Lipinski definition) is 4. The molecule has 1 aliphatic heterocycles. The molecule has 0 spiro atoms. The summed E-state index contributed by atoms with van der Waals surface area (Å²) in [6, 6.07) is 14.0. The Labute approximate surface area is 163 Å². The molecule has 2 aromatic heterocycles. The maximum atomic E-state index is 12.8. The molecule has 0 radical (unpaired) electrons. The van der Waals surface area contributed by atoms with Crippen molar-refractivity contribution in [1.29, 1.82) is 0 Å². The van der Waals surface area contributed by atoms with Gasteiger partial charge in [-0.15, -0.1) is 11.8 Å². The number of morpholine rings is 1. The van der Waals surface area contributed by atoms with Gasteiger partial charge < -0.3 is 14.0 Å². The number of benzene rings is 1. The molecule has 140 valence electrons. The molecule has 1 saturated heterocycles. The number of amides is 1. The van der Waals surface area contributed by atoms with Crippen molar-refractivity contribution in [2.45, 2.75) is 36.6 Å². The highest BCUT2D eigenvalue weighted by Gasteiger charge is 2.28. The molecule has 5 nitrogen and oxygen atoms in total. The van der Waals surface area contributed by atoms with Gasteiger partial charge in [-0.2, -0.15) is 0 Å². The largest absolute Gasteiger partial charge is 0.375 e. The van der Waals surface area contributed by atoms with Crippen LogP contribution in [0.25, 0.3) is 5.65 Å². The second-order valence-corrected chi connectivity index (χ2v) is 8.01. The Balaban J connectivity index is 1.40. The van der Waals surface area contributed by atoms with Crippen LogP contribution in [0, 0.1) is 0 Å². The van der Waals surface area contributed by atoms with E-state index in [0.717, 1.165) is 27.6 Å². The van der Waals surface area contributed by atoms with Gasteiger partial charge in [-0.3, -0.25) is 4.79 Å². The van der Waals surface area contributed by atoms with Crippen molar-refractivity contribution in [2.24, 2.45) is 0 Å². The number of imidazole rings is 1. The fraction of sp³-hybridized carbons (Fsp3) is 0.333. The van der Waals surface area contributed by atoms with Gasteiger partial charge in [-0.25, -0.2) is 4.98 Å². The second-order valence-electron chi connectivity index (χ2n) is 6.96. The fourth-order valence-corrected chi connectivity index (χ4v) is 4.04. The van der Waals surface area contributed by atoms with E-state index < -0.39 is 0 Å². The van der Waals surface area contributed by atoms with E-state index in [4.69, 9.17) is 4.74 Å². The molecule has 0 N–H and O–H groups in total. The van der Waals surface area contributed by atoms with Crippen molar-refractivity contribution in [3.05, 3.63) is 66.1 Å². The minimum atomic E-state index is 0.0783. The minimum absolute atomic E-state index is 0.0783. The molecule has 3 heterocycles. The molecule has 27 heavy (non-hydrogen) atoms. The van der Waals surface area contributed by atoms with Gasteiger partial charge in [0, 0.05) is 35.2 Å². The quantitative estimate of drug-likeness (QED) is 0.644. The van der Waals surface area contributed by atoms with Gasteiger partial charge in [-0.1, -0.05) is 6.07 Å². The van der Waals surface area contributed by atoms with Crippen LogP contribution < -0.4 is 0 Å². The lowest BCUT2D eigenvalue weighted by Crippen LogP contribution is -2.50. The Morgan fingerprint density at radius 1 is 1.22 bits per heavy atom. The second kappa shape index (κ2) is 7.74. The van der Waals surface area contributed by atoms with Crippen LogP contribution in [0.1, 0.15) is 29.9 Å². The molecule has 3 aromatic rings. The molecular weight excluding hydrogens is 358 g/mol. The fourth-order valence-electron chi connectivity index (χ4n) is 3.26. The van der Waals surface area contributed by atoms with Crippen LogP contribution in [0.2, 0.25) is 0 Å². The van der Waals surface area contributed by atoms with Crippen molar-refractivity contribution < 1.29 is 9.53 Å². The summed E-state index contributed by atoms with van der Waals surface area (Å²) in [5.41, 5.74) is 2.73. The van der Waals surface area contributed by atoms with Crippen molar-refractivity contribution in [3.63, 3.8) is 0 Å². The van der Waals surface area contributed by atoms with E-state index in [9.17, 15) is 4.79 Å². The molecular formula is C21H23N3O2S. The van der Waals surface area contributed by atoms with Crippen molar-refractivity contribution >= 4 is 23.3 Å². The molecule has 2 unspecified atom stereocenters. The molecule has 4 rings (SSSR count). The van der Waals surface area contributed by atoms with Gasteiger partial charge in [0.1, 0.15) is 5.65 Å². The number of rotatable bonds is 4. The highest BCUT2D eigenvalue weighted by atomic mass is 32.2. The molecule has 1 aliphatic rings. The number of fused-ring (bicyclic) bond motifs is 1. The zero-order chi connectivity index (χ0) is 18.8. The standard InChI is InChI=1S/C21H23N3O2S/c1-15-13-26-16(2)11-24(15)21(25)17-6-8-19(9-7-17)27-14-18-12-23-10-4-3-5-20(23)22-18/h3-10,12,15-16H,11,13-14H2,1-2H3. The molecule has 1 fully saturated rings. The Kier molecular flexibility index (Phi) is 5.18. The highest BCUT2D eigenvalue weighted by molar-refractivity contribution is 7.98. The average molecular weight is 382 g/mol. The summed E-state index contributed by atoms with van der Waals surface area (Å²) in [5.74, 6) is 0.877. The lowest BCUT2D eigenvalue weighted by atomic mass is 10.1. The lowest BCUT2D eigenvalue weighted by molar-refractivity contribution is -0.0387. The van der Waals surface area contributed by atoms with Crippen LogP contribution in [0.15, 0.2) is 59.8 Å². The number of pyridine rings is 1. The summed E-state index contributed by atoms with van der Waals surface area (Å²) < 4.78 is 7.65. The zero-order valence-corrected chi connectivity index (χ0v) is 16.4. The molecule has 6 heteroatoms. The average Bonchev–Trinajstić information content (AvgIpc) is 3.11. The summed E-state index contributed by atoms with van der Waals surface area (Å²) in [6.45, 7) is 5.28. The summed E-state index contributed by atoms with van der Waals surface area (Å²) in [7, 11) is 0.